The number of para-hydroxylation sites is 1. The first-order chi connectivity index (χ1) is 9.50. The molecule has 0 bridgehead atoms. The highest BCUT2D eigenvalue weighted by atomic mass is 79.9. The number of nitro groups is 1. The molecule has 0 aliphatic carbocycles. The van der Waals surface area contributed by atoms with Crippen LogP contribution in [0.15, 0.2) is 46.9 Å². The quantitative estimate of drug-likeness (QED) is 0.473. The molecule has 5 nitrogen and oxygen atoms in total. The summed E-state index contributed by atoms with van der Waals surface area (Å²) in [7, 11) is 0. The van der Waals surface area contributed by atoms with E-state index >= 15 is 0 Å². The van der Waals surface area contributed by atoms with Crippen molar-refractivity contribution in [2.24, 2.45) is 0 Å². The normalized spacial score (nSPS) is 10.1. The van der Waals surface area contributed by atoms with Crippen molar-refractivity contribution in [2.75, 3.05) is 0 Å². The largest absolute Gasteiger partial charge is 0.455 e. The van der Waals surface area contributed by atoms with Crippen molar-refractivity contribution < 1.29 is 14.5 Å². The number of ketones is 1. The molecule has 0 saturated carbocycles. The molecule has 102 valence electrons. The first kappa shape index (κ1) is 14.2. The first-order valence-electron chi connectivity index (χ1n) is 5.71. The Morgan fingerprint density at radius 2 is 1.80 bits per heavy atom. The van der Waals surface area contributed by atoms with Gasteiger partial charge in [0.2, 0.25) is 0 Å². The minimum atomic E-state index is -0.506. The summed E-state index contributed by atoms with van der Waals surface area (Å²) in [5.74, 6) is 0.510. The van der Waals surface area contributed by atoms with E-state index in [0.29, 0.717) is 11.3 Å². The maximum atomic E-state index is 11.5. The topological polar surface area (TPSA) is 69.4 Å². The summed E-state index contributed by atoms with van der Waals surface area (Å²) in [5, 5.41) is 10.9. The van der Waals surface area contributed by atoms with Gasteiger partial charge in [-0.25, -0.2) is 0 Å². The molecule has 0 aromatic heterocycles. The number of ether oxygens (including phenoxy) is 1. The Bertz CT molecular complexity index is 685. The van der Waals surface area contributed by atoms with Crippen molar-refractivity contribution >= 4 is 27.4 Å². The van der Waals surface area contributed by atoms with Gasteiger partial charge >= 0.3 is 0 Å². The van der Waals surface area contributed by atoms with E-state index in [0.717, 1.165) is 0 Å². The van der Waals surface area contributed by atoms with Crippen molar-refractivity contribution in [3.8, 4) is 11.5 Å². The molecule has 0 fully saturated rings. The maximum Gasteiger partial charge on any atom is 0.287 e. The third kappa shape index (κ3) is 2.85. The molecular formula is C14H10BrNO4. The summed E-state index contributed by atoms with van der Waals surface area (Å²) in [6.07, 6.45) is 0. The Kier molecular flexibility index (Phi) is 4.14. The lowest BCUT2D eigenvalue weighted by Crippen LogP contribution is -1.98. The summed E-state index contributed by atoms with van der Waals surface area (Å²) >= 11 is 3.15. The van der Waals surface area contributed by atoms with Crippen LogP contribution in [-0.4, -0.2) is 10.7 Å². The van der Waals surface area contributed by atoms with Gasteiger partial charge in [0.05, 0.1) is 10.5 Å². The summed E-state index contributed by atoms with van der Waals surface area (Å²) in [6, 6.07) is 11.2. The molecule has 2 aromatic carbocycles. The van der Waals surface area contributed by atoms with Crippen LogP contribution in [0.4, 0.5) is 5.69 Å². The Balaban J connectivity index is 2.43. The molecule has 6 heteroatoms. The molecule has 2 aromatic rings. The van der Waals surface area contributed by atoms with E-state index < -0.39 is 4.92 Å². The number of halogens is 1. The van der Waals surface area contributed by atoms with Gasteiger partial charge in [0, 0.05) is 6.07 Å². The third-order valence-electron chi connectivity index (χ3n) is 2.63. The molecule has 0 aliphatic heterocycles. The molecule has 20 heavy (non-hydrogen) atoms. The fourth-order valence-electron chi connectivity index (χ4n) is 1.68. The Hall–Kier alpha value is -2.21. The van der Waals surface area contributed by atoms with Crippen molar-refractivity contribution in [2.45, 2.75) is 6.92 Å². The van der Waals surface area contributed by atoms with Gasteiger partial charge in [-0.15, -0.1) is 0 Å². The number of hydrogen-bond acceptors (Lipinski definition) is 4. The van der Waals surface area contributed by atoms with Gasteiger partial charge in [0.15, 0.2) is 5.78 Å². The highest BCUT2D eigenvalue weighted by Crippen LogP contribution is 2.37. The molecule has 0 spiro atoms. The van der Waals surface area contributed by atoms with Crippen LogP contribution in [0.25, 0.3) is 0 Å². The predicted molar refractivity (Wildman–Crippen MR) is 77.3 cm³/mol. The van der Waals surface area contributed by atoms with Gasteiger partial charge in [0.1, 0.15) is 16.0 Å². The standard InChI is InChI=1S/C14H10BrNO4/c1-9(17)10-5-2-3-7-12(10)20-13-8-4-6-11(14(13)15)16(18)19/h2-8H,1H3. The van der Waals surface area contributed by atoms with Crippen LogP contribution in [0.3, 0.4) is 0 Å². The summed E-state index contributed by atoms with van der Waals surface area (Å²) in [4.78, 5) is 21.9. The molecule has 0 saturated heterocycles. The molecule has 0 radical (unpaired) electrons. The van der Waals surface area contributed by atoms with E-state index in [9.17, 15) is 14.9 Å². The lowest BCUT2D eigenvalue weighted by Gasteiger charge is -2.10. The van der Waals surface area contributed by atoms with Crippen LogP contribution in [-0.2, 0) is 0 Å². The van der Waals surface area contributed by atoms with E-state index in [1.807, 2.05) is 0 Å². The summed E-state index contributed by atoms with van der Waals surface area (Å²) in [5.41, 5.74) is 0.328. The number of Topliss-reactive ketones (excluding diaryl/α,β-unsaturated/α-hetero) is 1. The van der Waals surface area contributed by atoms with Gasteiger partial charge < -0.3 is 4.74 Å². The number of rotatable bonds is 4. The van der Waals surface area contributed by atoms with Gasteiger partial charge in [-0.05, 0) is 41.1 Å². The fourth-order valence-corrected chi connectivity index (χ4v) is 2.17. The molecule has 0 unspecified atom stereocenters. The zero-order valence-corrected chi connectivity index (χ0v) is 12.1. The summed E-state index contributed by atoms with van der Waals surface area (Å²) in [6.45, 7) is 1.44. The number of benzene rings is 2. The van der Waals surface area contributed by atoms with E-state index in [-0.39, 0.29) is 21.7 Å². The Labute approximate surface area is 123 Å². The first-order valence-corrected chi connectivity index (χ1v) is 6.50. The monoisotopic (exact) mass is 335 g/mol. The highest BCUT2D eigenvalue weighted by Gasteiger charge is 2.17. The second kappa shape index (κ2) is 5.83. The minimum absolute atomic E-state index is 0.0946. The van der Waals surface area contributed by atoms with Crippen LogP contribution in [0, 0.1) is 10.1 Å². The smallest absolute Gasteiger partial charge is 0.287 e. The highest BCUT2D eigenvalue weighted by molar-refractivity contribution is 9.10. The van der Waals surface area contributed by atoms with Crippen LogP contribution in [0.2, 0.25) is 0 Å². The van der Waals surface area contributed by atoms with Crippen molar-refractivity contribution in [3.63, 3.8) is 0 Å². The number of nitrogens with zero attached hydrogens (tertiary/aromatic N) is 1. The lowest BCUT2D eigenvalue weighted by atomic mass is 10.1. The molecule has 0 heterocycles. The lowest BCUT2D eigenvalue weighted by molar-refractivity contribution is -0.385. The molecule has 2 rings (SSSR count). The number of carbonyl (C=O) groups is 1. The molecule has 0 amide bonds. The van der Waals surface area contributed by atoms with E-state index in [1.54, 1.807) is 30.3 Å². The molecule has 0 aliphatic rings. The molecule has 0 N–H and O–H groups in total. The number of hydrogen-bond donors (Lipinski definition) is 0. The predicted octanol–water partition coefficient (Wildman–Crippen LogP) is 4.35. The SMILES string of the molecule is CC(=O)c1ccccc1Oc1cccc([N+](=O)[O-])c1Br. The minimum Gasteiger partial charge on any atom is -0.455 e. The van der Waals surface area contributed by atoms with Crippen LogP contribution < -0.4 is 4.74 Å². The van der Waals surface area contributed by atoms with E-state index in [2.05, 4.69) is 15.9 Å². The zero-order chi connectivity index (χ0) is 14.7. The van der Waals surface area contributed by atoms with Crippen molar-refractivity contribution in [1.29, 1.82) is 0 Å². The molecule has 0 atom stereocenters. The number of carbonyl (C=O) groups excluding carboxylic acids is 1. The average Bonchev–Trinajstić information content (AvgIpc) is 2.41. The van der Waals surface area contributed by atoms with E-state index in [1.165, 1.54) is 19.1 Å². The maximum absolute atomic E-state index is 11.5. The van der Waals surface area contributed by atoms with Crippen molar-refractivity contribution in [3.05, 3.63) is 62.6 Å². The van der Waals surface area contributed by atoms with Crippen LogP contribution >= 0.6 is 15.9 Å². The van der Waals surface area contributed by atoms with Crippen LogP contribution in [0.5, 0.6) is 11.5 Å². The Morgan fingerprint density at radius 3 is 2.45 bits per heavy atom. The summed E-state index contributed by atoms with van der Waals surface area (Å²) < 4.78 is 5.86. The average molecular weight is 336 g/mol. The van der Waals surface area contributed by atoms with Gasteiger partial charge in [-0.2, -0.15) is 0 Å². The molecular weight excluding hydrogens is 326 g/mol. The van der Waals surface area contributed by atoms with Gasteiger partial charge in [0.25, 0.3) is 5.69 Å². The van der Waals surface area contributed by atoms with Gasteiger partial charge in [-0.3, -0.25) is 14.9 Å². The van der Waals surface area contributed by atoms with Gasteiger partial charge in [-0.1, -0.05) is 18.2 Å². The van der Waals surface area contributed by atoms with E-state index in [4.69, 9.17) is 4.74 Å². The zero-order valence-electron chi connectivity index (χ0n) is 10.5. The third-order valence-corrected chi connectivity index (χ3v) is 3.42. The fraction of sp³-hybridized carbons (Fsp3) is 0.0714. The second-order valence-electron chi connectivity index (χ2n) is 4.00. The second-order valence-corrected chi connectivity index (χ2v) is 4.79. The van der Waals surface area contributed by atoms with Crippen LogP contribution in [0.1, 0.15) is 17.3 Å². The number of nitro benzene ring substituents is 1. The Morgan fingerprint density at radius 1 is 1.15 bits per heavy atom. The van der Waals surface area contributed by atoms with Crippen molar-refractivity contribution in [1.82, 2.24) is 0 Å².